The van der Waals surface area contributed by atoms with Crippen LogP contribution < -0.4 is 20.7 Å². The van der Waals surface area contributed by atoms with Gasteiger partial charge in [-0.1, -0.05) is 12.1 Å². The highest BCUT2D eigenvalue weighted by Crippen LogP contribution is 2.31. The van der Waals surface area contributed by atoms with Gasteiger partial charge in [-0.05, 0) is 43.2 Å². The Hall–Kier alpha value is -2.44. The van der Waals surface area contributed by atoms with Gasteiger partial charge in [-0.2, -0.15) is 0 Å². The first-order chi connectivity index (χ1) is 13.1. The molecule has 7 heteroatoms. The van der Waals surface area contributed by atoms with Crippen LogP contribution >= 0.6 is 0 Å². The first-order valence-electron chi connectivity index (χ1n) is 9.76. The molecule has 7 nitrogen and oxygen atoms in total. The van der Waals surface area contributed by atoms with Gasteiger partial charge in [-0.15, -0.1) is 0 Å². The molecule has 2 saturated heterocycles. The Morgan fingerprint density at radius 2 is 2.00 bits per heavy atom. The number of carbonyl (C=O) groups excluding carboxylic acids is 2. The van der Waals surface area contributed by atoms with Crippen molar-refractivity contribution < 1.29 is 14.3 Å². The molecule has 2 atom stereocenters. The summed E-state index contributed by atoms with van der Waals surface area (Å²) in [6.07, 6.45) is 3.29. The molecule has 2 aliphatic rings. The minimum Gasteiger partial charge on any atom is -0.495 e. The van der Waals surface area contributed by atoms with Crippen molar-refractivity contribution in [2.45, 2.75) is 25.7 Å². The van der Waals surface area contributed by atoms with Gasteiger partial charge in [0.05, 0.1) is 12.8 Å². The molecule has 0 spiro atoms. The van der Waals surface area contributed by atoms with Crippen molar-refractivity contribution in [3.05, 3.63) is 24.3 Å². The molecular formula is C20H30N4O3. The van der Waals surface area contributed by atoms with E-state index in [1.54, 1.807) is 7.11 Å². The SMILES string of the molecule is COc1ccccc1N1CCC(CNC(=O)N2CCCC(CC(N)=O)C2)C1. The molecule has 0 aliphatic carbocycles. The predicted molar refractivity (Wildman–Crippen MR) is 105 cm³/mol. The minimum absolute atomic E-state index is 0.0279. The number of anilines is 1. The van der Waals surface area contributed by atoms with Gasteiger partial charge in [0.1, 0.15) is 5.75 Å². The summed E-state index contributed by atoms with van der Waals surface area (Å²) in [6, 6.07) is 8.02. The van der Waals surface area contributed by atoms with Crippen LogP contribution in [0.25, 0.3) is 0 Å². The number of benzene rings is 1. The third-order valence-electron chi connectivity index (χ3n) is 5.55. The van der Waals surface area contributed by atoms with Crippen LogP contribution in [0.4, 0.5) is 10.5 Å². The van der Waals surface area contributed by atoms with Crippen molar-refractivity contribution in [2.75, 3.05) is 44.7 Å². The number of hydrogen-bond acceptors (Lipinski definition) is 4. The summed E-state index contributed by atoms with van der Waals surface area (Å²) < 4.78 is 5.46. The van der Waals surface area contributed by atoms with Crippen LogP contribution in [0, 0.1) is 11.8 Å². The molecule has 1 aromatic carbocycles. The molecule has 3 rings (SSSR count). The normalized spacial score (nSPS) is 22.6. The van der Waals surface area contributed by atoms with Crippen molar-refractivity contribution in [2.24, 2.45) is 17.6 Å². The van der Waals surface area contributed by atoms with E-state index in [-0.39, 0.29) is 17.9 Å². The molecule has 3 N–H and O–H groups in total. The second kappa shape index (κ2) is 8.97. The highest BCUT2D eigenvalue weighted by atomic mass is 16.5. The topological polar surface area (TPSA) is 87.9 Å². The van der Waals surface area contributed by atoms with Crippen LogP contribution in [-0.2, 0) is 4.79 Å². The number of hydrogen-bond donors (Lipinski definition) is 2. The van der Waals surface area contributed by atoms with Gasteiger partial charge in [0.2, 0.25) is 5.91 Å². The molecule has 0 saturated carbocycles. The van der Waals surface area contributed by atoms with E-state index in [4.69, 9.17) is 10.5 Å². The van der Waals surface area contributed by atoms with Crippen LogP contribution in [0.15, 0.2) is 24.3 Å². The Labute approximate surface area is 160 Å². The summed E-state index contributed by atoms with van der Waals surface area (Å²) in [5.41, 5.74) is 6.41. The summed E-state index contributed by atoms with van der Waals surface area (Å²) in [7, 11) is 1.69. The Morgan fingerprint density at radius 1 is 1.19 bits per heavy atom. The lowest BCUT2D eigenvalue weighted by Crippen LogP contribution is -2.47. The third-order valence-corrected chi connectivity index (χ3v) is 5.55. The number of likely N-dealkylation sites (tertiary alicyclic amines) is 1. The molecule has 148 valence electrons. The molecule has 0 aromatic heterocycles. The molecule has 3 amide bonds. The first-order valence-corrected chi connectivity index (χ1v) is 9.76. The number of methoxy groups -OCH3 is 1. The molecule has 0 radical (unpaired) electrons. The van der Waals surface area contributed by atoms with Gasteiger partial charge in [-0.25, -0.2) is 4.79 Å². The summed E-state index contributed by atoms with van der Waals surface area (Å²) >= 11 is 0. The highest BCUT2D eigenvalue weighted by molar-refractivity contribution is 5.75. The van der Waals surface area contributed by atoms with Gasteiger partial charge in [0.25, 0.3) is 0 Å². The van der Waals surface area contributed by atoms with E-state index in [1.807, 2.05) is 23.1 Å². The van der Waals surface area contributed by atoms with Gasteiger partial charge >= 0.3 is 6.03 Å². The summed E-state index contributed by atoms with van der Waals surface area (Å²) in [4.78, 5) is 27.8. The summed E-state index contributed by atoms with van der Waals surface area (Å²) in [6.45, 7) is 3.91. The fraction of sp³-hybridized carbons (Fsp3) is 0.600. The molecule has 2 aliphatic heterocycles. The van der Waals surface area contributed by atoms with Gasteiger partial charge in [0, 0.05) is 39.1 Å². The highest BCUT2D eigenvalue weighted by Gasteiger charge is 2.27. The Morgan fingerprint density at radius 3 is 2.78 bits per heavy atom. The van der Waals surface area contributed by atoms with Crippen LogP contribution in [-0.4, -0.2) is 56.7 Å². The van der Waals surface area contributed by atoms with E-state index >= 15 is 0 Å². The van der Waals surface area contributed by atoms with Gasteiger partial charge in [-0.3, -0.25) is 4.79 Å². The zero-order valence-electron chi connectivity index (χ0n) is 16.0. The Bertz CT molecular complexity index is 666. The Balaban J connectivity index is 1.46. The number of nitrogens with zero attached hydrogens (tertiary/aromatic N) is 2. The molecule has 1 aromatic rings. The monoisotopic (exact) mass is 374 g/mol. The number of urea groups is 1. The fourth-order valence-electron chi connectivity index (χ4n) is 4.15. The molecule has 2 fully saturated rings. The van der Waals surface area contributed by atoms with E-state index in [1.165, 1.54) is 0 Å². The van der Waals surface area contributed by atoms with E-state index in [0.29, 0.717) is 25.4 Å². The van der Waals surface area contributed by atoms with Crippen molar-refractivity contribution >= 4 is 17.6 Å². The van der Waals surface area contributed by atoms with Gasteiger partial charge in [0.15, 0.2) is 0 Å². The van der Waals surface area contributed by atoms with E-state index in [0.717, 1.165) is 50.3 Å². The minimum atomic E-state index is -0.287. The van der Waals surface area contributed by atoms with Crippen molar-refractivity contribution in [1.82, 2.24) is 10.2 Å². The average molecular weight is 374 g/mol. The number of primary amides is 1. The maximum Gasteiger partial charge on any atom is 0.317 e. The van der Waals surface area contributed by atoms with Crippen molar-refractivity contribution in [3.8, 4) is 5.75 Å². The number of piperidine rings is 1. The lowest BCUT2D eigenvalue weighted by Gasteiger charge is -2.32. The summed E-state index contributed by atoms with van der Waals surface area (Å²) in [5.74, 6) is 1.21. The number of carbonyl (C=O) groups is 2. The van der Waals surface area contributed by atoms with Crippen LogP contribution in [0.5, 0.6) is 5.75 Å². The van der Waals surface area contributed by atoms with E-state index in [2.05, 4.69) is 16.3 Å². The number of amides is 3. The van der Waals surface area contributed by atoms with E-state index < -0.39 is 0 Å². The predicted octanol–water partition coefficient (Wildman–Crippen LogP) is 1.82. The number of para-hydroxylation sites is 2. The standard InChI is InChI=1S/C20H30N4O3/c1-27-18-7-3-2-6-17(18)23-10-8-16(14-23)12-22-20(26)24-9-4-5-15(13-24)11-19(21)25/h2-3,6-7,15-16H,4-5,8-14H2,1H3,(H2,21,25)(H,22,26). The largest absolute Gasteiger partial charge is 0.495 e. The number of rotatable bonds is 6. The number of nitrogens with two attached hydrogens (primary N) is 1. The molecule has 0 bridgehead atoms. The third kappa shape index (κ3) is 5.05. The average Bonchev–Trinajstić information content (AvgIpc) is 3.14. The first kappa shape index (κ1) is 19.3. The molecule has 27 heavy (non-hydrogen) atoms. The van der Waals surface area contributed by atoms with Crippen molar-refractivity contribution in [3.63, 3.8) is 0 Å². The zero-order valence-corrected chi connectivity index (χ0v) is 16.0. The molecular weight excluding hydrogens is 344 g/mol. The second-order valence-electron chi connectivity index (χ2n) is 7.58. The fourth-order valence-corrected chi connectivity index (χ4v) is 4.15. The number of ether oxygens (including phenoxy) is 1. The lowest BCUT2D eigenvalue weighted by atomic mass is 9.95. The second-order valence-corrected chi connectivity index (χ2v) is 7.58. The quantitative estimate of drug-likeness (QED) is 0.795. The molecule has 2 heterocycles. The van der Waals surface area contributed by atoms with Crippen LogP contribution in [0.3, 0.4) is 0 Å². The maximum absolute atomic E-state index is 12.5. The molecule has 2 unspecified atom stereocenters. The zero-order chi connectivity index (χ0) is 19.2. The van der Waals surface area contributed by atoms with Crippen molar-refractivity contribution in [1.29, 1.82) is 0 Å². The smallest absolute Gasteiger partial charge is 0.317 e. The Kier molecular flexibility index (Phi) is 6.42. The lowest BCUT2D eigenvalue weighted by molar-refractivity contribution is -0.119. The van der Waals surface area contributed by atoms with Crippen LogP contribution in [0.2, 0.25) is 0 Å². The van der Waals surface area contributed by atoms with Crippen LogP contribution in [0.1, 0.15) is 25.7 Å². The van der Waals surface area contributed by atoms with Gasteiger partial charge < -0.3 is 25.6 Å². The maximum atomic E-state index is 12.5. The number of nitrogens with one attached hydrogen (secondary N) is 1. The van der Waals surface area contributed by atoms with E-state index in [9.17, 15) is 9.59 Å². The summed E-state index contributed by atoms with van der Waals surface area (Å²) in [5, 5.41) is 3.08.